The van der Waals surface area contributed by atoms with E-state index in [1.165, 1.54) is 11.1 Å². The number of nitrogens with zero attached hydrogens (tertiary/aromatic N) is 3. The molecule has 4 aliphatic carbocycles. The Kier molecular flexibility index (Phi) is 4.01. The molecule has 186 valence electrons. The largest absolute Gasteiger partial charge is 0.618 e. The summed E-state index contributed by atoms with van der Waals surface area (Å²) in [6, 6.07) is 13.8. The molecule has 0 aromatic carbocycles. The molecular weight excluding hydrogens is 446 g/mol. The van der Waals surface area contributed by atoms with Crippen molar-refractivity contribution in [3.63, 3.8) is 0 Å². The van der Waals surface area contributed by atoms with Gasteiger partial charge in [0.1, 0.15) is 11.4 Å². The number of aromatic nitrogens is 3. The van der Waals surface area contributed by atoms with Crippen molar-refractivity contribution >= 4 is 0 Å². The van der Waals surface area contributed by atoms with Crippen molar-refractivity contribution in [3.8, 4) is 22.8 Å². The molecule has 0 N–H and O–H groups in total. The Morgan fingerprint density at radius 3 is 1.50 bits per heavy atom. The predicted molar refractivity (Wildman–Crippen MR) is 139 cm³/mol. The molecule has 3 aromatic heterocycles. The molecule has 4 bridgehead atoms. The molecule has 0 unspecified atom stereocenters. The van der Waals surface area contributed by atoms with Crippen molar-refractivity contribution in [3.05, 3.63) is 75.4 Å². The van der Waals surface area contributed by atoms with Crippen molar-refractivity contribution in [1.82, 2.24) is 4.98 Å². The van der Waals surface area contributed by atoms with E-state index in [0.717, 1.165) is 46.5 Å². The average Bonchev–Trinajstić information content (AvgIpc) is 3.35. The quantitative estimate of drug-likeness (QED) is 0.331. The van der Waals surface area contributed by atoms with Crippen molar-refractivity contribution in [2.45, 2.75) is 89.9 Å². The number of rotatable bonds is 2. The molecular formula is C31H35N3O2. The van der Waals surface area contributed by atoms with Crippen LogP contribution in [0.15, 0.2) is 42.5 Å². The third-order valence-corrected chi connectivity index (χ3v) is 11.8. The minimum Gasteiger partial charge on any atom is -0.618 e. The Balaban J connectivity index is 1.35. The van der Waals surface area contributed by atoms with Crippen LogP contribution in [0.25, 0.3) is 22.8 Å². The van der Waals surface area contributed by atoms with Gasteiger partial charge in [-0.1, -0.05) is 33.8 Å². The molecule has 0 amide bonds. The van der Waals surface area contributed by atoms with Crippen LogP contribution in [0.4, 0.5) is 0 Å². The van der Waals surface area contributed by atoms with Gasteiger partial charge in [0.2, 0.25) is 22.8 Å². The Hall–Kier alpha value is -2.95. The Bertz CT molecular complexity index is 1370. The molecule has 2 saturated carbocycles. The van der Waals surface area contributed by atoms with Crippen LogP contribution in [0.2, 0.25) is 0 Å². The summed E-state index contributed by atoms with van der Waals surface area (Å²) in [6.45, 7) is 13.7. The smallest absolute Gasteiger partial charge is 0.242 e. The Morgan fingerprint density at radius 1 is 0.667 bits per heavy atom. The maximum atomic E-state index is 13.8. The summed E-state index contributed by atoms with van der Waals surface area (Å²) < 4.78 is 2.28. The summed E-state index contributed by atoms with van der Waals surface area (Å²) in [4.78, 5) is 4.89. The SMILES string of the molecule is CC1(C)[C@@H]2CC[C@@]1(C)c1c2ccc(-c2cccc(-c3ccc4c([n+]3[O-])[C@]3(C)CC[C@H]4C3(C)C)n2)[n+]1[O-]. The molecule has 5 nitrogen and oxygen atoms in total. The highest BCUT2D eigenvalue weighted by Crippen LogP contribution is 2.68. The molecule has 5 heteroatoms. The topological polar surface area (TPSA) is 66.8 Å². The van der Waals surface area contributed by atoms with Crippen LogP contribution in [0.3, 0.4) is 0 Å². The zero-order valence-electron chi connectivity index (χ0n) is 22.2. The van der Waals surface area contributed by atoms with E-state index in [0.29, 0.717) is 34.6 Å². The zero-order valence-corrected chi connectivity index (χ0v) is 22.2. The second-order valence-electron chi connectivity index (χ2n) is 13.3. The van der Waals surface area contributed by atoms with Crippen LogP contribution in [-0.4, -0.2) is 4.98 Å². The minimum absolute atomic E-state index is 0.0666. The summed E-state index contributed by atoms with van der Waals surface area (Å²) in [5.41, 5.74) is 6.43. The lowest BCUT2D eigenvalue weighted by molar-refractivity contribution is -0.608. The van der Waals surface area contributed by atoms with Crippen LogP contribution in [-0.2, 0) is 10.8 Å². The van der Waals surface area contributed by atoms with E-state index in [1.54, 1.807) is 0 Å². The third-order valence-electron chi connectivity index (χ3n) is 11.8. The van der Waals surface area contributed by atoms with E-state index in [9.17, 15) is 10.4 Å². The molecule has 3 aromatic rings. The van der Waals surface area contributed by atoms with Gasteiger partial charge in [-0.25, -0.2) is 4.98 Å². The van der Waals surface area contributed by atoms with Crippen molar-refractivity contribution in [2.24, 2.45) is 10.8 Å². The fourth-order valence-corrected chi connectivity index (χ4v) is 8.79. The first-order valence-electron chi connectivity index (χ1n) is 13.5. The van der Waals surface area contributed by atoms with Crippen molar-refractivity contribution < 1.29 is 9.46 Å². The summed E-state index contributed by atoms with van der Waals surface area (Å²) in [6.07, 6.45) is 4.36. The van der Waals surface area contributed by atoms with Gasteiger partial charge >= 0.3 is 0 Å². The van der Waals surface area contributed by atoms with Crippen LogP contribution < -0.4 is 9.46 Å². The first-order valence-corrected chi connectivity index (χ1v) is 13.5. The summed E-state index contributed by atoms with van der Waals surface area (Å²) in [5.74, 6) is 0.857. The van der Waals surface area contributed by atoms with E-state index in [-0.39, 0.29) is 21.7 Å². The molecule has 4 atom stereocenters. The number of fused-ring (bicyclic) bond motifs is 10. The first-order chi connectivity index (χ1) is 16.9. The van der Waals surface area contributed by atoms with Crippen LogP contribution in [0.1, 0.15) is 102 Å². The molecule has 0 radical (unpaired) electrons. The second kappa shape index (κ2) is 6.48. The molecule has 3 heterocycles. The van der Waals surface area contributed by atoms with E-state index in [1.807, 2.05) is 30.3 Å². The van der Waals surface area contributed by atoms with Gasteiger partial charge in [0.25, 0.3) is 0 Å². The van der Waals surface area contributed by atoms with Crippen LogP contribution in [0.5, 0.6) is 0 Å². The Labute approximate surface area is 213 Å². The highest BCUT2D eigenvalue weighted by Gasteiger charge is 2.65. The van der Waals surface area contributed by atoms with E-state index >= 15 is 0 Å². The molecule has 0 saturated heterocycles. The van der Waals surface area contributed by atoms with E-state index < -0.39 is 0 Å². The lowest BCUT2D eigenvalue weighted by atomic mass is 9.70. The lowest BCUT2D eigenvalue weighted by Gasteiger charge is -2.33. The van der Waals surface area contributed by atoms with Gasteiger partial charge in [-0.05, 0) is 86.5 Å². The maximum absolute atomic E-state index is 13.8. The standard InChI is InChI=1S/C31H35N3O2/c1-28(2)20-14-16-30(28,5)26-18(20)10-12-24(33(26)35)22-8-7-9-23(32-22)25-13-11-19-21-15-17-31(6,29(21,3)4)27(19)34(25)36/h7-13,20-21H,14-17H2,1-6H3/t20-,21-,30+,31+/m1/s1. The van der Waals surface area contributed by atoms with Crippen LogP contribution in [0, 0.1) is 21.2 Å². The zero-order chi connectivity index (χ0) is 25.4. The lowest BCUT2D eigenvalue weighted by Crippen LogP contribution is -2.45. The minimum atomic E-state index is -0.137. The fraction of sp³-hybridized carbons (Fsp3) is 0.516. The molecule has 4 aliphatic rings. The number of hydrogen-bond acceptors (Lipinski definition) is 3. The van der Waals surface area contributed by atoms with Gasteiger partial charge in [-0.2, -0.15) is 9.46 Å². The molecule has 0 spiro atoms. The normalized spacial score (nSPS) is 32.1. The molecule has 2 fully saturated rings. The van der Waals surface area contributed by atoms with E-state index in [2.05, 4.69) is 53.7 Å². The summed E-state index contributed by atoms with van der Waals surface area (Å²) in [5, 5.41) is 27.6. The number of hydrogen-bond donors (Lipinski definition) is 0. The molecule has 0 aliphatic heterocycles. The van der Waals surface area contributed by atoms with E-state index in [4.69, 9.17) is 4.98 Å². The maximum Gasteiger partial charge on any atom is 0.242 e. The highest BCUT2D eigenvalue weighted by molar-refractivity contribution is 5.61. The Morgan fingerprint density at radius 2 is 1.08 bits per heavy atom. The van der Waals surface area contributed by atoms with Gasteiger partial charge in [-0.15, -0.1) is 0 Å². The molecule has 36 heavy (non-hydrogen) atoms. The monoisotopic (exact) mass is 481 g/mol. The van der Waals surface area contributed by atoms with Gasteiger partial charge in [0.15, 0.2) is 0 Å². The first kappa shape index (κ1) is 22.3. The molecule has 7 rings (SSSR count). The fourth-order valence-electron chi connectivity index (χ4n) is 8.79. The van der Waals surface area contributed by atoms with Crippen molar-refractivity contribution in [2.75, 3.05) is 0 Å². The summed E-state index contributed by atoms with van der Waals surface area (Å²) >= 11 is 0. The van der Waals surface area contributed by atoms with Gasteiger partial charge < -0.3 is 10.4 Å². The average molecular weight is 482 g/mol. The van der Waals surface area contributed by atoms with Crippen LogP contribution >= 0.6 is 0 Å². The number of pyridine rings is 3. The summed E-state index contributed by atoms with van der Waals surface area (Å²) in [7, 11) is 0. The van der Waals surface area contributed by atoms with Crippen molar-refractivity contribution in [1.29, 1.82) is 0 Å². The second-order valence-corrected chi connectivity index (χ2v) is 13.3. The van der Waals surface area contributed by atoms with Gasteiger partial charge in [0, 0.05) is 23.3 Å². The van der Waals surface area contributed by atoms with Gasteiger partial charge in [-0.3, -0.25) is 0 Å². The predicted octanol–water partition coefficient (Wildman–Crippen LogP) is 6.03. The highest BCUT2D eigenvalue weighted by atomic mass is 16.5. The van der Waals surface area contributed by atoms with Gasteiger partial charge in [0.05, 0.1) is 10.8 Å². The third kappa shape index (κ3) is 2.27.